The third-order valence-electron chi connectivity index (χ3n) is 4.57. The number of sulfonamides is 1. The molecule has 0 fully saturated rings. The molecule has 168 valence electrons. The number of carbonyl (C=O) groups is 2. The number of amides is 2. The Balaban J connectivity index is 1.71. The van der Waals surface area contributed by atoms with Crippen LogP contribution in [0.5, 0.6) is 5.75 Å². The molecule has 0 bridgehead atoms. The van der Waals surface area contributed by atoms with Gasteiger partial charge in [-0.1, -0.05) is 12.1 Å². The molecule has 2 aromatic carbocycles. The van der Waals surface area contributed by atoms with E-state index >= 15 is 0 Å². The van der Waals surface area contributed by atoms with Gasteiger partial charge in [0.25, 0.3) is 11.8 Å². The highest BCUT2D eigenvalue weighted by molar-refractivity contribution is 7.89. The summed E-state index contributed by atoms with van der Waals surface area (Å²) in [6.07, 6.45) is 1.41. The summed E-state index contributed by atoms with van der Waals surface area (Å²) in [6.45, 7) is 0.172. The van der Waals surface area contributed by atoms with Crippen molar-refractivity contribution in [3.8, 4) is 5.75 Å². The lowest BCUT2D eigenvalue weighted by Gasteiger charge is -2.15. The maximum atomic E-state index is 12.6. The molecule has 1 aromatic heterocycles. The van der Waals surface area contributed by atoms with Crippen LogP contribution in [0.1, 0.15) is 26.5 Å². The van der Waals surface area contributed by atoms with Crippen LogP contribution in [-0.4, -0.2) is 45.7 Å². The van der Waals surface area contributed by atoms with Gasteiger partial charge < -0.3 is 19.8 Å². The van der Waals surface area contributed by atoms with Gasteiger partial charge in [0.2, 0.25) is 10.0 Å². The molecule has 0 saturated carbocycles. The Labute approximate surface area is 186 Å². The van der Waals surface area contributed by atoms with Crippen molar-refractivity contribution in [1.82, 2.24) is 9.62 Å². The second-order valence-electron chi connectivity index (χ2n) is 6.97. The van der Waals surface area contributed by atoms with E-state index in [-0.39, 0.29) is 34.4 Å². The van der Waals surface area contributed by atoms with Gasteiger partial charge >= 0.3 is 0 Å². The maximum absolute atomic E-state index is 12.6. The van der Waals surface area contributed by atoms with E-state index in [1.54, 1.807) is 36.4 Å². The zero-order valence-corrected chi connectivity index (χ0v) is 18.6. The second-order valence-corrected chi connectivity index (χ2v) is 9.09. The lowest BCUT2D eigenvalue weighted by atomic mass is 10.1. The van der Waals surface area contributed by atoms with Crippen molar-refractivity contribution in [3.63, 3.8) is 0 Å². The first-order valence-electron chi connectivity index (χ1n) is 9.55. The zero-order chi connectivity index (χ0) is 23.3. The number of rotatable bonds is 8. The molecule has 2 N–H and O–H groups in total. The predicted molar refractivity (Wildman–Crippen MR) is 118 cm³/mol. The molecule has 0 radical (unpaired) electrons. The van der Waals surface area contributed by atoms with Gasteiger partial charge in [0.05, 0.1) is 13.4 Å². The van der Waals surface area contributed by atoms with Crippen molar-refractivity contribution in [2.75, 3.05) is 26.5 Å². The largest absolute Gasteiger partial charge is 0.495 e. The minimum Gasteiger partial charge on any atom is -0.495 e. The van der Waals surface area contributed by atoms with Crippen LogP contribution in [-0.2, 0) is 16.6 Å². The molecule has 9 nitrogen and oxygen atoms in total. The van der Waals surface area contributed by atoms with Crippen LogP contribution >= 0.6 is 0 Å². The van der Waals surface area contributed by atoms with Gasteiger partial charge in [-0.15, -0.1) is 0 Å². The summed E-state index contributed by atoms with van der Waals surface area (Å²) in [5.74, 6) is -0.501. The zero-order valence-electron chi connectivity index (χ0n) is 17.8. The van der Waals surface area contributed by atoms with E-state index in [2.05, 4.69) is 10.6 Å². The Bertz CT molecular complexity index is 1220. The number of hydrogen-bond acceptors (Lipinski definition) is 6. The van der Waals surface area contributed by atoms with Crippen LogP contribution in [0, 0.1) is 0 Å². The molecule has 3 rings (SSSR count). The third kappa shape index (κ3) is 5.16. The number of furan rings is 1. The summed E-state index contributed by atoms with van der Waals surface area (Å²) in [5.41, 5.74) is 1.46. The van der Waals surface area contributed by atoms with Crippen LogP contribution in [0.2, 0.25) is 0 Å². The van der Waals surface area contributed by atoms with E-state index in [0.29, 0.717) is 5.69 Å². The SMILES string of the molecule is COc1ccc(C(=O)NCc2cccc(NC(=O)c3ccco3)c2)cc1S(=O)(=O)N(C)C. The van der Waals surface area contributed by atoms with Crippen LogP contribution < -0.4 is 15.4 Å². The van der Waals surface area contributed by atoms with Crippen LogP contribution in [0.3, 0.4) is 0 Å². The van der Waals surface area contributed by atoms with E-state index in [9.17, 15) is 18.0 Å². The Morgan fingerprint density at radius 3 is 2.47 bits per heavy atom. The number of benzene rings is 2. The summed E-state index contributed by atoms with van der Waals surface area (Å²) in [4.78, 5) is 24.7. The van der Waals surface area contributed by atoms with Crippen molar-refractivity contribution in [3.05, 3.63) is 77.7 Å². The Morgan fingerprint density at radius 1 is 1.03 bits per heavy atom. The summed E-state index contributed by atoms with van der Waals surface area (Å²) in [7, 11) is 0.368. The predicted octanol–water partition coefficient (Wildman–Crippen LogP) is 2.72. The number of methoxy groups -OCH3 is 1. The Morgan fingerprint density at radius 2 is 1.81 bits per heavy atom. The molecular formula is C22H23N3O6S. The molecule has 0 saturated heterocycles. The third-order valence-corrected chi connectivity index (χ3v) is 6.40. The topological polar surface area (TPSA) is 118 Å². The monoisotopic (exact) mass is 457 g/mol. The van der Waals surface area contributed by atoms with Gasteiger partial charge in [0.15, 0.2) is 5.76 Å². The molecule has 2 amide bonds. The minimum absolute atomic E-state index is 0.0970. The molecule has 0 spiro atoms. The molecule has 0 atom stereocenters. The number of anilines is 1. The van der Waals surface area contributed by atoms with Gasteiger partial charge in [0, 0.05) is 31.9 Å². The first-order valence-corrected chi connectivity index (χ1v) is 11.0. The molecule has 0 aliphatic heterocycles. The van der Waals surface area contributed by atoms with E-state index < -0.39 is 15.9 Å². The summed E-state index contributed by atoms with van der Waals surface area (Å²) < 4.78 is 36.4. The average Bonchev–Trinajstić information content (AvgIpc) is 3.32. The minimum atomic E-state index is -3.80. The average molecular weight is 458 g/mol. The number of nitrogens with one attached hydrogen (secondary N) is 2. The molecule has 0 unspecified atom stereocenters. The van der Waals surface area contributed by atoms with E-state index in [1.165, 1.54) is 45.7 Å². The van der Waals surface area contributed by atoms with Crippen LogP contribution in [0.25, 0.3) is 0 Å². The number of hydrogen-bond donors (Lipinski definition) is 2. The maximum Gasteiger partial charge on any atom is 0.291 e. The Hall–Kier alpha value is -3.63. The van der Waals surface area contributed by atoms with Crippen molar-refractivity contribution in [2.45, 2.75) is 11.4 Å². The summed E-state index contributed by atoms with van der Waals surface area (Å²) in [6, 6.07) is 14.4. The van der Waals surface area contributed by atoms with E-state index in [1.807, 2.05) is 0 Å². The highest BCUT2D eigenvalue weighted by Gasteiger charge is 2.24. The number of ether oxygens (including phenoxy) is 1. The first-order chi connectivity index (χ1) is 15.2. The lowest BCUT2D eigenvalue weighted by Crippen LogP contribution is -2.25. The molecular weight excluding hydrogens is 434 g/mol. The van der Waals surface area contributed by atoms with E-state index in [4.69, 9.17) is 9.15 Å². The van der Waals surface area contributed by atoms with Crippen molar-refractivity contribution < 1.29 is 27.2 Å². The standard InChI is InChI=1S/C22H23N3O6S/c1-25(2)32(28,29)20-13-16(9-10-18(20)30-3)21(26)23-14-15-6-4-7-17(12-15)24-22(27)19-8-5-11-31-19/h4-13H,14H2,1-3H3,(H,23,26)(H,24,27). The fourth-order valence-corrected chi connectivity index (χ4v) is 3.94. The molecule has 0 aliphatic rings. The van der Waals surface area contributed by atoms with Gasteiger partial charge in [-0.25, -0.2) is 12.7 Å². The van der Waals surface area contributed by atoms with Crippen LogP contribution in [0.4, 0.5) is 5.69 Å². The van der Waals surface area contributed by atoms with E-state index in [0.717, 1.165) is 9.87 Å². The van der Waals surface area contributed by atoms with Crippen molar-refractivity contribution in [2.24, 2.45) is 0 Å². The number of nitrogens with zero attached hydrogens (tertiary/aromatic N) is 1. The highest BCUT2D eigenvalue weighted by atomic mass is 32.2. The molecule has 0 aliphatic carbocycles. The molecule has 32 heavy (non-hydrogen) atoms. The smallest absolute Gasteiger partial charge is 0.291 e. The number of carbonyl (C=O) groups excluding carboxylic acids is 2. The molecule has 10 heteroatoms. The van der Waals surface area contributed by atoms with Crippen LogP contribution in [0.15, 0.2) is 70.2 Å². The fraction of sp³-hybridized carbons (Fsp3) is 0.182. The van der Waals surface area contributed by atoms with Gasteiger partial charge in [-0.3, -0.25) is 9.59 Å². The second kappa shape index (κ2) is 9.67. The normalized spacial score (nSPS) is 11.2. The van der Waals surface area contributed by atoms with Crippen molar-refractivity contribution >= 4 is 27.5 Å². The first kappa shape index (κ1) is 23.0. The van der Waals surface area contributed by atoms with Crippen molar-refractivity contribution in [1.29, 1.82) is 0 Å². The lowest BCUT2D eigenvalue weighted by molar-refractivity contribution is 0.0949. The van der Waals surface area contributed by atoms with Gasteiger partial charge in [-0.05, 0) is 48.0 Å². The highest BCUT2D eigenvalue weighted by Crippen LogP contribution is 2.27. The summed E-state index contributed by atoms with van der Waals surface area (Å²) >= 11 is 0. The summed E-state index contributed by atoms with van der Waals surface area (Å²) in [5, 5.41) is 5.47. The molecule has 1 heterocycles. The quantitative estimate of drug-likeness (QED) is 0.537. The van der Waals surface area contributed by atoms with Gasteiger partial charge in [0.1, 0.15) is 10.6 Å². The fourth-order valence-electron chi connectivity index (χ4n) is 2.86. The van der Waals surface area contributed by atoms with Gasteiger partial charge in [-0.2, -0.15) is 0 Å². The Kier molecular flexibility index (Phi) is 6.96. The molecule has 3 aromatic rings.